The molecule has 0 aliphatic heterocycles. The summed E-state index contributed by atoms with van der Waals surface area (Å²) in [5, 5.41) is 15.7. The van der Waals surface area contributed by atoms with Crippen LogP contribution in [-0.2, 0) is 18.3 Å². The lowest BCUT2D eigenvalue weighted by atomic mass is 10.1. The summed E-state index contributed by atoms with van der Waals surface area (Å²) in [6, 6.07) is -1.03. The van der Waals surface area contributed by atoms with Gasteiger partial charge in [0.1, 0.15) is 6.04 Å². The molecule has 0 radical (unpaired) electrons. The van der Waals surface area contributed by atoms with Crippen molar-refractivity contribution in [1.29, 1.82) is 0 Å². The summed E-state index contributed by atoms with van der Waals surface area (Å²) in [6.45, 7) is 1.69. The highest BCUT2D eigenvalue weighted by molar-refractivity contribution is 5.97. The zero-order valence-corrected chi connectivity index (χ0v) is 11.1. The Kier molecular flexibility index (Phi) is 3.83. The number of hydrogen-bond acceptors (Lipinski definition) is 4. The summed E-state index contributed by atoms with van der Waals surface area (Å²) in [4.78, 5) is 29.9. The first-order valence-corrected chi connectivity index (χ1v) is 5.98. The van der Waals surface area contributed by atoms with Crippen LogP contribution in [0, 0.1) is 6.92 Å². The largest absolute Gasteiger partial charge is 0.480 e. The van der Waals surface area contributed by atoms with Crippen molar-refractivity contribution in [3.8, 4) is 0 Å². The predicted molar refractivity (Wildman–Crippen MR) is 69.1 cm³/mol. The second-order valence-corrected chi connectivity index (χ2v) is 4.45. The van der Waals surface area contributed by atoms with E-state index in [1.807, 2.05) is 0 Å². The Balaban J connectivity index is 2.10. The normalized spacial score (nSPS) is 12.1. The molecule has 0 saturated carbocycles. The first kappa shape index (κ1) is 13.8. The number of carboxylic acids is 1. The number of aromatic amines is 1. The molecule has 0 saturated heterocycles. The molecule has 2 rings (SSSR count). The molecule has 1 amide bonds. The predicted octanol–water partition coefficient (Wildman–Crippen LogP) is -0.123. The number of carbonyl (C=O) groups is 2. The van der Waals surface area contributed by atoms with Crippen molar-refractivity contribution in [2.24, 2.45) is 7.05 Å². The highest BCUT2D eigenvalue weighted by atomic mass is 16.4. The molecular formula is C12H15N5O3. The Morgan fingerprint density at radius 2 is 2.30 bits per heavy atom. The minimum atomic E-state index is -1.10. The molecule has 3 N–H and O–H groups in total. The topological polar surface area (TPSA) is 113 Å². The molecule has 2 aromatic rings. The molecule has 0 spiro atoms. The molecule has 106 valence electrons. The molecule has 1 unspecified atom stereocenters. The third kappa shape index (κ3) is 3.02. The van der Waals surface area contributed by atoms with Gasteiger partial charge in [0.15, 0.2) is 0 Å². The summed E-state index contributed by atoms with van der Waals surface area (Å²) in [6.07, 6.45) is 4.68. The quantitative estimate of drug-likeness (QED) is 0.705. The molecule has 8 nitrogen and oxygen atoms in total. The number of aromatic nitrogens is 4. The van der Waals surface area contributed by atoms with Gasteiger partial charge in [0.05, 0.1) is 17.6 Å². The summed E-state index contributed by atoms with van der Waals surface area (Å²) >= 11 is 0. The van der Waals surface area contributed by atoms with Crippen molar-refractivity contribution in [2.75, 3.05) is 0 Å². The standard InChI is InChI=1S/C12H15N5O3/c1-7-9(5-17(2)16-7)11(18)15-10(12(19)20)3-8-4-13-6-14-8/h4-6,10H,3H2,1-2H3,(H,13,14)(H,15,18)(H,19,20). The lowest BCUT2D eigenvalue weighted by molar-refractivity contribution is -0.139. The van der Waals surface area contributed by atoms with Crippen LogP contribution in [0.15, 0.2) is 18.7 Å². The zero-order chi connectivity index (χ0) is 14.7. The van der Waals surface area contributed by atoms with Gasteiger partial charge in [0.25, 0.3) is 5.91 Å². The van der Waals surface area contributed by atoms with Gasteiger partial charge in [-0.15, -0.1) is 0 Å². The number of aliphatic carboxylic acids is 1. The number of carbonyl (C=O) groups excluding carboxylic acids is 1. The molecule has 0 aromatic carbocycles. The summed E-state index contributed by atoms with van der Waals surface area (Å²) in [5.74, 6) is -1.56. The minimum Gasteiger partial charge on any atom is -0.480 e. The smallest absolute Gasteiger partial charge is 0.326 e. The van der Waals surface area contributed by atoms with Crippen molar-refractivity contribution >= 4 is 11.9 Å². The van der Waals surface area contributed by atoms with E-state index in [0.29, 0.717) is 17.0 Å². The van der Waals surface area contributed by atoms with Gasteiger partial charge in [-0.05, 0) is 6.92 Å². The fraction of sp³-hybridized carbons (Fsp3) is 0.333. The van der Waals surface area contributed by atoms with E-state index in [1.54, 1.807) is 20.2 Å². The Morgan fingerprint density at radius 1 is 1.55 bits per heavy atom. The van der Waals surface area contributed by atoms with E-state index in [9.17, 15) is 14.7 Å². The number of rotatable bonds is 5. The zero-order valence-electron chi connectivity index (χ0n) is 11.1. The molecule has 20 heavy (non-hydrogen) atoms. The number of H-pyrrole nitrogens is 1. The minimum absolute atomic E-state index is 0.139. The van der Waals surface area contributed by atoms with Crippen LogP contribution in [-0.4, -0.2) is 42.8 Å². The fourth-order valence-corrected chi connectivity index (χ4v) is 1.87. The molecule has 8 heteroatoms. The van der Waals surface area contributed by atoms with Gasteiger partial charge in [-0.1, -0.05) is 0 Å². The Bertz CT molecular complexity index is 617. The Morgan fingerprint density at radius 3 is 2.80 bits per heavy atom. The SMILES string of the molecule is Cc1nn(C)cc1C(=O)NC(Cc1cnc[nH]1)C(=O)O. The number of nitrogens with one attached hydrogen (secondary N) is 2. The van der Waals surface area contributed by atoms with E-state index in [4.69, 9.17) is 0 Å². The van der Waals surface area contributed by atoms with Crippen LogP contribution in [0.4, 0.5) is 0 Å². The van der Waals surface area contributed by atoms with Gasteiger partial charge in [0, 0.05) is 31.6 Å². The number of nitrogens with zero attached hydrogens (tertiary/aromatic N) is 3. The molecule has 0 aliphatic rings. The summed E-state index contributed by atoms with van der Waals surface area (Å²) in [7, 11) is 1.70. The van der Waals surface area contributed by atoms with Crippen LogP contribution >= 0.6 is 0 Å². The average molecular weight is 277 g/mol. The molecule has 1 atom stereocenters. The van der Waals surface area contributed by atoms with E-state index in [0.717, 1.165) is 0 Å². The first-order chi connectivity index (χ1) is 9.47. The number of carboxylic acid groups (broad SMARTS) is 1. The highest BCUT2D eigenvalue weighted by Gasteiger charge is 2.23. The molecule has 0 bridgehead atoms. The van der Waals surface area contributed by atoms with E-state index in [1.165, 1.54) is 17.2 Å². The van der Waals surface area contributed by atoms with Gasteiger partial charge < -0.3 is 15.4 Å². The number of imidazole rings is 1. The summed E-state index contributed by atoms with van der Waals surface area (Å²) in [5.41, 5.74) is 1.56. The molecule has 0 aliphatic carbocycles. The van der Waals surface area contributed by atoms with Crippen molar-refractivity contribution in [3.63, 3.8) is 0 Å². The maximum atomic E-state index is 12.1. The first-order valence-electron chi connectivity index (χ1n) is 5.98. The highest BCUT2D eigenvalue weighted by Crippen LogP contribution is 2.06. The van der Waals surface area contributed by atoms with Crippen molar-refractivity contribution in [2.45, 2.75) is 19.4 Å². The van der Waals surface area contributed by atoms with Gasteiger partial charge in [-0.25, -0.2) is 9.78 Å². The van der Waals surface area contributed by atoms with Crippen LogP contribution in [0.3, 0.4) is 0 Å². The van der Waals surface area contributed by atoms with Gasteiger partial charge >= 0.3 is 5.97 Å². The van der Waals surface area contributed by atoms with Gasteiger partial charge in [0.2, 0.25) is 0 Å². The molecule has 2 heterocycles. The molecular weight excluding hydrogens is 262 g/mol. The second-order valence-electron chi connectivity index (χ2n) is 4.45. The van der Waals surface area contributed by atoms with E-state index in [2.05, 4.69) is 20.4 Å². The third-order valence-corrected chi connectivity index (χ3v) is 2.84. The van der Waals surface area contributed by atoms with Crippen LogP contribution < -0.4 is 5.32 Å². The number of amides is 1. The van der Waals surface area contributed by atoms with Crippen molar-refractivity contribution in [1.82, 2.24) is 25.1 Å². The average Bonchev–Trinajstić information content (AvgIpc) is 2.97. The van der Waals surface area contributed by atoms with E-state index >= 15 is 0 Å². The maximum Gasteiger partial charge on any atom is 0.326 e. The van der Waals surface area contributed by atoms with Crippen LogP contribution in [0.25, 0.3) is 0 Å². The second kappa shape index (κ2) is 5.55. The van der Waals surface area contributed by atoms with Crippen molar-refractivity contribution < 1.29 is 14.7 Å². The molecule has 0 fully saturated rings. The number of aryl methyl sites for hydroxylation is 2. The Labute approximate surface area is 114 Å². The molecule has 2 aromatic heterocycles. The van der Waals surface area contributed by atoms with Gasteiger partial charge in [-0.3, -0.25) is 9.48 Å². The fourth-order valence-electron chi connectivity index (χ4n) is 1.87. The van der Waals surface area contributed by atoms with Crippen molar-refractivity contribution in [3.05, 3.63) is 35.7 Å². The van der Waals surface area contributed by atoms with Crippen LogP contribution in [0.5, 0.6) is 0 Å². The third-order valence-electron chi connectivity index (χ3n) is 2.84. The van der Waals surface area contributed by atoms with Gasteiger partial charge in [-0.2, -0.15) is 5.10 Å². The van der Waals surface area contributed by atoms with E-state index in [-0.39, 0.29) is 6.42 Å². The monoisotopic (exact) mass is 277 g/mol. The van der Waals surface area contributed by atoms with E-state index < -0.39 is 17.9 Å². The number of hydrogen-bond donors (Lipinski definition) is 3. The summed E-state index contributed by atoms with van der Waals surface area (Å²) < 4.78 is 1.51. The Hall–Kier alpha value is -2.64. The van der Waals surface area contributed by atoms with Crippen LogP contribution in [0.1, 0.15) is 21.7 Å². The lowest BCUT2D eigenvalue weighted by Gasteiger charge is -2.13. The lowest BCUT2D eigenvalue weighted by Crippen LogP contribution is -2.42. The maximum absolute atomic E-state index is 12.1. The van der Waals surface area contributed by atoms with Crippen LogP contribution in [0.2, 0.25) is 0 Å².